The molecular weight excluding hydrogens is 359 g/mol. The molecule has 1 saturated heterocycles. The van der Waals surface area contributed by atoms with Crippen molar-refractivity contribution in [3.8, 4) is 0 Å². The molecule has 1 aliphatic heterocycles. The molecule has 0 aromatic heterocycles. The maximum absolute atomic E-state index is 13.6. The fraction of sp³-hybridized carbons (Fsp3) is 0.222. The quantitative estimate of drug-likeness (QED) is 0.854. The summed E-state index contributed by atoms with van der Waals surface area (Å²) in [5, 5.41) is 5.12. The molecule has 0 bridgehead atoms. The fourth-order valence-corrected chi connectivity index (χ4v) is 4.41. The van der Waals surface area contributed by atoms with Crippen LogP contribution in [-0.4, -0.2) is 37.8 Å². The lowest BCUT2D eigenvalue weighted by molar-refractivity contribution is 0.0941. The Hall–Kier alpha value is -2.74. The Bertz CT molecular complexity index is 959. The van der Waals surface area contributed by atoms with E-state index >= 15 is 0 Å². The van der Waals surface area contributed by atoms with Crippen LogP contribution in [0.3, 0.4) is 0 Å². The summed E-state index contributed by atoms with van der Waals surface area (Å²) >= 11 is 0. The van der Waals surface area contributed by atoms with E-state index in [0.717, 1.165) is 0 Å². The Morgan fingerprint density at radius 1 is 1.00 bits per heavy atom. The molecule has 0 aliphatic carbocycles. The first-order valence-electron chi connectivity index (χ1n) is 8.01. The molecule has 8 heteroatoms. The highest BCUT2D eigenvalue weighted by molar-refractivity contribution is 7.91. The van der Waals surface area contributed by atoms with E-state index in [4.69, 9.17) is 0 Å². The molecular formula is C18H17FN2O4S. The third kappa shape index (κ3) is 4.26. The van der Waals surface area contributed by atoms with Gasteiger partial charge in [-0.3, -0.25) is 9.59 Å². The maximum Gasteiger partial charge on any atom is 0.255 e. The standard InChI is InChI=1S/C18H17FN2O4S/c19-15-6-1-2-7-16(15)21-18(23)13-5-3-4-12(10-13)17(22)20-14-8-9-26(24,25)11-14/h1-7,10,14H,8-9,11H2,(H,20,22)(H,21,23). The van der Waals surface area contributed by atoms with Gasteiger partial charge in [-0.1, -0.05) is 18.2 Å². The van der Waals surface area contributed by atoms with Crippen LogP contribution in [0.1, 0.15) is 27.1 Å². The molecule has 1 fully saturated rings. The highest BCUT2D eigenvalue weighted by atomic mass is 32.2. The third-order valence-electron chi connectivity index (χ3n) is 4.08. The van der Waals surface area contributed by atoms with Crippen molar-refractivity contribution in [1.82, 2.24) is 5.32 Å². The van der Waals surface area contributed by atoms with Crippen molar-refractivity contribution in [2.45, 2.75) is 12.5 Å². The van der Waals surface area contributed by atoms with E-state index in [1.165, 1.54) is 42.5 Å². The predicted octanol–water partition coefficient (Wildman–Crippen LogP) is 1.99. The van der Waals surface area contributed by atoms with Gasteiger partial charge in [-0.2, -0.15) is 0 Å². The Morgan fingerprint density at radius 3 is 2.35 bits per heavy atom. The molecule has 1 heterocycles. The smallest absolute Gasteiger partial charge is 0.255 e. The number of amides is 2. The second-order valence-corrected chi connectivity index (χ2v) is 8.32. The van der Waals surface area contributed by atoms with Gasteiger partial charge in [0.2, 0.25) is 0 Å². The number of halogens is 1. The average Bonchev–Trinajstić information content (AvgIpc) is 2.95. The molecule has 2 aromatic rings. The highest BCUT2D eigenvalue weighted by Crippen LogP contribution is 2.16. The number of carbonyl (C=O) groups is 2. The van der Waals surface area contributed by atoms with E-state index in [-0.39, 0.29) is 28.3 Å². The topological polar surface area (TPSA) is 92.3 Å². The Kier molecular flexibility index (Phi) is 5.03. The van der Waals surface area contributed by atoms with E-state index in [2.05, 4.69) is 10.6 Å². The van der Waals surface area contributed by atoms with Gasteiger partial charge in [0.05, 0.1) is 17.2 Å². The van der Waals surface area contributed by atoms with Gasteiger partial charge in [0.1, 0.15) is 5.82 Å². The number of hydrogen-bond donors (Lipinski definition) is 2. The molecule has 1 atom stereocenters. The van der Waals surface area contributed by atoms with Gasteiger partial charge >= 0.3 is 0 Å². The van der Waals surface area contributed by atoms with E-state index in [9.17, 15) is 22.4 Å². The van der Waals surface area contributed by atoms with Crippen LogP contribution in [0.15, 0.2) is 48.5 Å². The molecule has 2 aromatic carbocycles. The van der Waals surface area contributed by atoms with Crippen LogP contribution in [0.5, 0.6) is 0 Å². The van der Waals surface area contributed by atoms with Crippen molar-refractivity contribution in [1.29, 1.82) is 0 Å². The summed E-state index contributed by atoms with van der Waals surface area (Å²) in [7, 11) is -3.10. The van der Waals surface area contributed by atoms with Gasteiger partial charge in [-0.15, -0.1) is 0 Å². The van der Waals surface area contributed by atoms with Crippen molar-refractivity contribution in [2.24, 2.45) is 0 Å². The van der Waals surface area contributed by atoms with Gasteiger partial charge in [-0.25, -0.2) is 12.8 Å². The SMILES string of the molecule is O=C(Nc1ccccc1F)c1cccc(C(=O)NC2CCS(=O)(=O)C2)c1. The molecule has 6 nitrogen and oxygen atoms in total. The first-order chi connectivity index (χ1) is 12.3. The molecule has 136 valence electrons. The lowest BCUT2D eigenvalue weighted by atomic mass is 10.1. The van der Waals surface area contributed by atoms with Crippen molar-refractivity contribution in [3.63, 3.8) is 0 Å². The molecule has 3 rings (SSSR count). The zero-order valence-corrected chi connectivity index (χ0v) is 14.6. The minimum Gasteiger partial charge on any atom is -0.348 e. The Labute approximate surface area is 150 Å². The second-order valence-electron chi connectivity index (χ2n) is 6.09. The lowest BCUT2D eigenvalue weighted by Crippen LogP contribution is -2.35. The molecule has 0 spiro atoms. The maximum atomic E-state index is 13.6. The number of anilines is 1. The van der Waals surface area contributed by atoms with Crippen LogP contribution >= 0.6 is 0 Å². The number of nitrogens with one attached hydrogen (secondary N) is 2. The minimum atomic E-state index is -3.10. The average molecular weight is 376 g/mol. The lowest BCUT2D eigenvalue weighted by Gasteiger charge is -2.12. The predicted molar refractivity (Wildman–Crippen MR) is 95.3 cm³/mol. The van der Waals surface area contributed by atoms with E-state index in [0.29, 0.717) is 6.42 Å². The number of carbonyl (C=O) groups excluding carboxylic acids is 2. The summed E-state index contributed by atoms with van der Waals surface area (Å²) in [6.45, 7) is 0. The van der Waals surface area contributed by atoms with Crippen LogP contribution in [0.25, 0.3) is 0 Å². The van der Waals surface area contributed by atoms with Gasteiger partial charge < -0.3 is 10.6 Å². The van der Waals surface area contributed by atoms with Crippen molar-refractivity contribution in [2.75, 3.05) is 16.8 Å². The van der Waals surface area contributed by atoms with Crippen LogP contribution < -0.4 is 10.6 Å². The Morgan fingerprint density at radius 2 is 1.69 bits per heavy atom. The first kappa shape index (κ1) is 18.1. The Balaban J connectivity index is 1.70. The molecule has 0 saturated carbocycles. The summed E-state index contributed by atoms with van der Waals surface area (Å²) in [5.41, 5.74) is 0.471. The van der Waals surface area contributed by atoms with Crippen molar-refractivity contribution >= 4 is 27.3 Å². The zero-order chi connectivity index (χ0) is 18.7. The number of benzene rings is 2. The zero-order valence-electron chi connectivity index (χ0n) is 13.7. The number of para-hydroxylation sites is 1. The number of hydrogen-bond acceptors (Lipinski definition) is 4. The van der Waals surface area contributed by atoms with Crippen molar-refractivity contribution < 1.29 is 22.4 Å². The number of sulfone groups is 1. The van der Waals surface area contributed by atoms with Crippen LogP contribution in [0.2, 0.25) is 0 Å². The van der Waals surface area contributed by atoms with E-state index in [1.54, 1.807) is 6.07 Å². The van der Waals surface area contributed by atoms with Gasteiger partial charge in [0.15, 0.2) is 9.84 Å². The third-order valence-corrected chi connectivity index (χ3v) is 5.84. The van der Waals surface area contributed by atoms with E-state index < -0.39 is 33.5 Å². The first-order valence-corrected chi connectivity index (χ1v) is 9.83. The monoisotopic (exact) mass is 376 g/mol. The molecule has 1 aliphatic rings. The summed E-state index contributed by atoms with van der Waals surface area (Å²) in [5.74, 6) is -1.58. The van der Waals surface area contributed by atoms with Gasteiger partial charge in [0.25, 0.3) is 11.8 Å². The highest BCUT2D eigenvalue weighted by Gasteiger charge is 2.29. The summed E-state index contributed by atoms with van der Waals surface area (Å²) in [4.78, 5) is 24.6. The molecule has 26 heavy (non-hydrogen) atoms. The normalized spacial score (nSPS) is 18.3. The molecule has 2 N–H and O–H groups in total. The van der Waals surface area contributed by atoms with Crippen molar-refractivity contribution in [3.05, 3.63) is 65.5 Å². The van der Waals surface area contributed by atoms with Gasteiger partial charge in [0, 0.05) is 17.2 Å². The summed E-state index contributed by atoms with van der Waals surface area (Å²) in [6.07, 6.45) is 0.377. The summed E-state index contributed by atoms with van der Waals surface area (Å²) in [6, 6.07) is 11.3. The van der Waals surface area contributed by atoms with E-state index in [1.807, 2.05) is 0 Å². The fourth-order valence-electron chi connectivity index (χ4n) is 2.74. The number of rotatable bonds is 4. The summed E-state index contributed by atoms with van der Waals surface area (Å²) < 4.78 is 36.6. The van der Waals surface area contributed by atoms with Crippen LogP contribution in [0, 0.1) is 5.82 Å². The van der Waals surface area contributed by atoms with Crippen LogP contribution in [0.4, 0.5) is 10.1 Å². The molecule has 0 radical (unpaired) electrons. The molecule has 2 amide bonds. The molecule has 1 unspecified atom stereocenters. The van der Waals surface area contributed by atoms with Crippen LogP contribution in [-0.2, 0) is 9.84 Å². The minimum absolute atomic E-state index is 0.0449. The largest absolute Gasteiger partial charge is 0.348 e. The second kappa shape index (κ2) is 7.25. The van der Waals surface area contributed by atoms with Gasteiger partial charge in [-0.05, 0) is 36.8 Å².